The Labute approximate surface area is 163 Å². The van der Waals surface area contributed by atoms with Gasteiger partial charge in [-0.2, -0.15) is 0 Å². The molecule has 1 aliphatic carbocycles. The predicted molar refractivity (Wildman–Crippen MR) is 102 cm³/mol. The highest BCUT2D eigenvalue weighted by Crippen LogP contribution is 2.33. The Balaban J connectivity index is 1.49. The molecule has 0 aromatic carbocycles. The first-order valence-electron chi connectivity index (χ1n) is 9.71. The lowest BCUT2D eigenvalue weighted by atomic mass is 10.1. The molecular weight excluding hydrogens is 358 g/mol. The largest absolute Gasteiger partial charge is 0.481 e. The Morgan fingerprint density at radius 1 is 1.39 bits per heavy atom. The Hall–Kier alpha value is -2.90. The van der Waals surface area contributed by atoms with E-state index in [1.165, 1.54) is 12.8 Å². The van der Waals surface area contributed by atoms with Gasteiger partial charge < -0.3 is 19.5 Å². The zero-order valence-corrected chi connectivity index (χ0v) is 16.2. The molecule has 1 atom stereocenters. The number of aromatic nitrogens is 3. The van der Waals surface area contributed by atoms with Gasteiger partial charge in [0.05, 0.1) is 31.2 Å². The van der Waals surface area contributed by atoms with Crippen LogP contribution in [0.4, 0.5) is 0 Å². The summed E-state index contributed by atoms with van der Waals surface area (Å²) in [5.41, 5.74) is 2.09. The maximum atomic E-state index is 12.9. The monoisotopic (exact) mass is 383 g/mol. The average Bonchev–Trinajstić information content (AvgIpc) is 3.46. The lowest BCUT2D eigenvalue weighted by molar-refractivity contribution is -0.124. The van der Waals surface area contributed by atoms with Crippen molar-refractivity contribution in [3.05, 3.63) is 41.6 Å². The Kier molecular flexibility index (Phi) is 5.02. The predicted octanol–water partition coefficient (Wildman–Crippen LogP) is 2.06. The van der Waals surface area contributed by atoms with Crippen molar-refractivity contribution in [1.82, 2.24) is 24.8 Å². The first kappa shape index (κ1) is 18.5. The van der Waals surface area contributed by atoms with Crippen LogP contribution >= 0.6 is 0 Å². The van der Waals surface area contributed by atoms with E-state index in [9.17, 15) is 9.59 Å². The number of methoxy groups -OCH3 is 1. The lowest BCUT2D eigenvalue weighted by Gasteiger charge is -2.22. The zero-order chi connectivity index (χ0) is 19.7. The van der Waals surface area contributed by atoms with E-state index in [4.69, 9.17) is 4.74 Å². The number of fused-ring (bicyclic) bond motifs is 1. The van der Waals surface area contributed by atoms with E-state index in [0.717, 1.165) is 18.5 Å². The van der Waals surface area contributed by atoms with Gasteiger partial charge in [0.1, 0.15) is 6.04 Å². The Bertz CT molecular complexity index is 874. The molecule has 2 aromatic heterocycles. The van der Waals surface area contributed by atoms with Gasteiger partial charge in [0.2, 0.25) is 11.8 Å². The number of nitrogens with zero attached hydrogens (tertiary/aromatic N) is 4. The maximum Gasteiger partial charge on any atom is 0.256 e. The van der Waals surface area contributed by atoms with Crippen LogP contribution in [0.15, 0.2) is 24.8 Å². The first-order chi connectivity index (χ1) is 13.6. The number of imidazole rings is 1. The van der Waals surface area contributed by atoms with Crippen molar-refractivity contribution >= 4 is 11.8 Å². The van der Waals surface area contributed by atoms with Gasteiger partial charge in [0, 0.05) is 30.5 Å². The van der Waals surface area contributed by atoms with Gasteiger partial charge in [-0.1, -0.05) is 12.8 Å². The van der Waals surface area contributed by atoms with Gasteiger partial charge in [0.15, 0.2) is 0 Å². The summed E-state index contributed by atoms with van der Waals surface area (Å²) >= 11 is 0. The van der Waals surface area contributed by atoms with Crippen LogP contribution in [0, 0.1) is 0 Å². The summed E-state index contributed by atoms with van der Waals surface area (Å²) in [6.07, 6.45) is 9.47. The molecule has 148 valence electrons. The van der Waals surface area contributed by atoms with Crippen LogP contribution in [-0.4, -0.2) is 44.4 Å². The molecule has 2 amide bonds. The number of hydrogen-bond acceptors (Lipinski definition) is 5. The molecule has 0 saturated heterocycles. The van der Waals surface area contributed by atoms with Crippen molar-refractivity contribution in [2.75, 3.05) is 7.11 Å². The molecule has 28 heavy (non-hydrogen) atoms. The number of pyridine rings is 1. The number of rotatable bonds is 6. The third-order valence-corrected chi connectivity index (χ3v) is 5.72. The van der Waals surface area contributed by atoms with Gasteiger partial charge in [-0.15, -0.1) is 0 Å². The molecular formula is C20H25N5O3. The molecule has 8 heteroatoms. The first-order valence-corrected chi connectivity index (χ1v) is 9.71. The van der Waals surface area contributed by atoms with Crippen molar-refractivity contribution < 1.29 is 14.3 Å². The number of nitrogens with one attached hydrogen (secondary N) is 1. The van der Waals surface area contributed by atoms with Crippen molar-refractivity contribution in [2.45, 2.75) is 57.8 Å². The molecule has 8 nitrogen and oxygen atoms in total. The third-order valence-electron chi connectivity index (χ3n) is 5.72. The van der Waals surface area contributed by atoms with Gasteiger partial charge >= 0.3 is 0 Å². The standard InChI is InChI=1S/C20H25N5O3/c1-13(24-8-7-21-12-24)18(26)22-10-14-9-16-17(23-19(14)28-2)11-25(20(16)27)15-5-3-4-6-15/h7-9,12-13,15H,3-6,10-11H2,1-2H3,(H,22,26). The molecule has 3 heterocycles. The minimum Gasteiger partial charge on any atom is -0.481 e. The molecule has 2 aromatic rings. The van der Waals surface area contributed by atoms with Crippen LogP contribution in [0.3, 0.4) is 0 Å². The fourth-order valence-corrected chi connectivity index (χ4v) is 4.05. The smallest absolute Gasteiger partial charge is 0.256 e. The Morgan fingerprint density at radius 2 is 2.18 bits per heavy atom. The topological polar surface area (TPSA) is 89.3 Å². The van der Waals surface area contributed by atoms with Crippen molar-refractivity contribution in [1.29, 1.82) is 0 Å². The molecule has 1 unspecified atom stereocenters. The second kappa shape index (κ2) is 7.61. The summed E-state index contributed by atoms with van der Waals surface area (Å²) < 4.78 is 7.16. The molecule has 0 spiro atoms. The van der Waals surface area contributed by atoms with E-state index in [1.807, 2.05) is 11.0 Å². The second-order valence-electron chi connectivity index (χ2n) is 7.43. The quantitative estimate of drug-likeness (QED) is 0.825. The van der Waals surface area contributed by atoms with Crippen LogP contribution in [0.25, 0.3) is 0 Å². The summed E-state index contributed by atoms with van der Waals surface area (Å²) in [6, 6.07) is 1.75. The van der Waals surface area contributed by atoms with Gasteiger partial charge in [-0.3, -0.25) is 9.59 Å². The maximum absolute atomic E-state index is 12.9. The van der Waals surface area contributed by atoms with Crippen molar-refractivity contribution in [2.24, 2.45) is 0 Å². The SMILES string of the molecule is COc1nc2c(cc1CNC(=O)C(C)n1ccnc1)C(=O)N(C1CCCC1)C2. The summed E-state index contributed by atoms with van der Waals surface area (Å²) in [7, 11) is 1.56. The lowest BCUT2D eigenvalue weighted by Crippen LogP contribution is -2.33. The molecule has 2 aliphatic rings. The summed E-state index contributed by atoms with van der Waals surface area (Å²) in [4.78, 5) is 35.8. The molecule has 0 bridgehead atoms. The molecule has 4 rings (SSSR count). The average molecular weight is 383 g/mol. The van der Waals surface area contributed by atoms with Crippen LogP contribution in [-0.2, 0) is 17.9 Å². The van der Waals surface area contributed by atoms with E-state index in [-0.39, 0.29) is 24.4 Å². The highest BCUT2D eigenvalue weighted by atomic mass is 16.5. The summed E-state index contributed by atoms with van der Waals surface area (Å²) in [6.45, 7) is 2.59. The van der Waals surface area contributed by atoms with Crippen molar-refractivity contribution in [3.63, 3.8) is 0 Å². The van der Waals surface area contributed by atoms with E-state index >= 15 is 0 Å². The zero-order valence-electron chi connectivity index (χ0n) is 16.2. The number of carbonyl (C=O) groups is 2. The van der Waals surface area contributed by atoms with E-state index < -0.39 is 0 Å². The van der Waals surface area contributed by atoms with E-state index in [1.54, 1.807) is 37.3 Å². The fourth-order valence-electron chi connectivity index (χ4n) is 4.05. The number of amides is 2. The minimum atomic E-state index is -0.379. The van der Waals surface area contributed by atoms with E-state index in [2.05, 4.69) is 15.3 Å². The van der Waals surface area contributed by atoms with Crippen LogP contribution in [0.2, 0.25) is 0 Å². The second-order valence-corrected chi connectivity index (χ2v) is 7.43. The highest BCUT2D eigenvalue weighted by Gasteiger charge is 2.36. The minimum absolute atomic E-state index is 0.0383. The van der Waals surface area contributed by atoms with Gasteiger partial charge in [0.25, 0.3) is 5.91 Å². The number of ether oxygens (including phenoxy) is 1. The summed E-state index contributed by atoms with van der Waals surface area (Å²) in [5.74, 6) is 0.353. The Morgan fingerprint density at radius 3 is 2.86 bits per heavy atom. The van der Waals surface area contributed by atoms with E-state index in [0.29, 0.717) is 29.6 Å². The summed E-state index contributed by atoms with van der Waals surface area (Å²) in [5, 5.41) is 2.90. The van der Waals surface area contributed by atoms with Gasteiger partial charge in [-0.05, 0) is 25.8 Å². The number of hydrogen-bond donors (Lipinski definition) is 1. The normalized spacial score (nSPS) is 17.6. The molecule has 1 saturated carbocycles. The van der Waals surface area contributed by atoms with Crippen LogP contribution in [0.1, 0.15) is 60.3 Å². The third kappa shape index (κ3) is 3.34. The fraction of sp³-hybridized carbons (Fsp3) is 0.500. The van der Waals surface area contributed by atoms with Crippen LogP contribution < -0.4 is 10.1 Å². The highest BCUT2D eigenvalue weighted by molar-refractivity contribution is 5.98. The molecule has 1 fully saturated rings. The molecule has 1 N–H and O–H groups in total. The van der Waals surface area contributed by atoms with Gasteiger partial charge in [-0.25, -0.2) is 9.97 Å². The molecule has 0 radical (unpaired) electrons. The van der Waals surface area contributed by atoms with Crippen LogP contribution in [0.5, 0.6) is 5.88 Å². The molecule has 1 aliphatic heterocycles. The van der Waals surface area contributed by atoms with Crippen molar-refractivity contribution in [3.8, 4) is 5.88 Å². The number of carbonyl (C=O) groups excluding carboxylic acids is 2.